The van der Waals surface area contributed by atoms with Crippen molar-refractivity contribution in [1.82, 2.24) is 9.97 Å². The second-order valence-electron chi connectivity index (χ2n) is 4.74. The molecular formula is C14H14N4O2. The van der Waals surface area contributed by atoms with Gasteiger partial charge >= 0.3 is 5.69 Å². The Labute approximate surface area is 116 Å². The molecule has 6 nitrogen and oxygen atoms in total. The fourth-order valence-electron chi connectivity index (χ4n) is 2.57. The Bertz CT molecular complexity index is 618. The molecule has 0 aliphatic carbocycles. The van der Waals surface area contributed by atoms with E-state index in [1.165, 1.54) is 23.7 Å². The molecule has 0 N–H and O–H groups in total. The Morgan fingerprint density at radius 2 is 1.80 bits per heavy atom. The fraction of sp³-hybridized carbons (Fsp3) is 0.286. The van der Waals surface area contributed by atoms with Crippen molar-refractivity contribution in [3.63, 3.8) is 0 Å². The predicted molar refractivity (Wildman–Crippen MR) is 74.7 cm³/mol. The summed E-state index contributed by atoms with van der Waals surface area (Å²) < 4.78 is 0. The summed E-state index contributed by atoms with van der Waals surface area (Å²) >= 11 is 0. The first-order chi connectivity index (χ1) is 9.75. The van der Waals surface area contributed by atoms with Gasteiger partial charge in [0, 0.05) is 13.1 Å². The highest BCUT2D eigenvalue weighted by atomic mass is 16.6. The molecule has 1 aromatic heterocycles. The SMILES string of the molecule is O=[N+]([O-])c1cncnc1N1CCc2ccccc2CC1. The molecule has 3 rings (SSSR count). The largest absolute Gasteiger partial charge is 0.350 e. The first kappa shape index (κ1) is 12.5. The van der Waals surface area contributed by atoms with Crippen LogP contribution in [0, 0.1) is 10.1 Å². The molecule has 0 fully saturated rings. The van der Waals surface area contributed by atoms with Gasteiger partial charge in [-0.1, -0.05) is 24.3 Å². The minimum Gasteiger partial charge on any atom is -0.350 e. The van der Waals surface area contributed by atoms with Crippen LogP contribution in [0.2, 0.25) is 0 Å². The molecule has 0 spiro atoms. The number of rotatable bonds is 2. The zero-order valence-corrected chi connectivity index (χ0v) is 10.9. The van der Waals surface area contributed by atoms with E-state index in [0.717, 1.165) is 25.9 Å². The maximum absolute atomic E-state index is 11.1. The minimum atomic E-state index is -0.423. The van der Waals surface area contributed by atoms with Crippen LogP contribution >= 0.6 is 0 Å². The first-order valence-corrected chi connectivity index (χ1v) is 6.52. The van der Waals surface area contributed by atoms with E-state index in [4.69, 9.17) is 0 Å². The van der Waals surface area contributed by atoms with Gasteiger partial charge in [-0.15, -0.1) is 0 Å². The van der Waals surface area contributed by atoms with Gasteiger partial charge in [0.2, 0.25) is 5.82 Å². The van der Waals surface area contributed by atoms with Gasteiger partial charge in [-0.3, -0.25) is 10.1 Å². The molecule has 2 aromatic rings. The third-order valence-electron chi connectivity index (χ3n) is 3.59. The van der Waals surface area contributed by atoms with Crippen molar-refractivity contribution in [2.75, 3.05) is 18.0 Å². The van der Waals surface area contributed by atoms with Crippen molar-refractivity contribution in [1.29, 1.82) is 0 Å². The summed E-state index contributed by atoms with van der Waals surface area (Å²) in [7, 11) is 0. The molecule has 0 atom stereocenters. The normalized spacial score (nSPS) is 14.5. The number of benzene rings is 1. The molecule has 6 heteroatoms. The van der Waals surface area contributed by atoms with Gasteiger partial charge in [-0.25, -0.2) is 9.97 Å². The molecule has 0 amide bonds. The molecule has 2 heterocycles. The second kappa shape index (κ2) is 5.24. The maximum Gasteiger partial charge on any atom is 0.329 e. The van der Waals surface area contributed by atoms with Crippen LogP contribution in [0.15, 0.2) is 36.8 Å². The van der Waals surface area contributed by atoms with E-state index in [1.54, 1.807) is 0 Å². The van der Waals surface area contributed by atoms with Crippen LogP contribution in [0.1, 0.15) is 11.1 Å². The molecule has 20 heavy (non-hydrogen) atoms. The molecule has 1 aliphatic heterocycles. The van der Waals surface area contributed by atoms with E-state index in [2.05, 4.69) is 22.1 Å². The average molecular weight is 270 g/mol. The van der Waals surface area contributed by atoms with E-state index in [9.17, 15) is 10.1 Å². The lowest BCUT2D eigenvalue weighted by Crippen LogP contribution is -2.27. The summed E-state index contributed by atoms with van der Waals surface area (Å²) in [5.41, 5.74) is 2.59. The lowest BCUT2D eigenvalue weighted by Gasteiger charge is -2.20. The summed E-state index contributed by atoms with van der Waals surface area (Å²) in [6.45, 7) is 1.46. The van der Waals surface area contributed by atoms with Crippen LogP contribution < -0.4 is 4.90 Å². The van der Waals surface area contributed by atoms with E-state index in [0.29, 0.717) is 5.82 Å². The Hall–Kier alpha value is -2.50. The van der Waals surface area contributed by atoms with Crippen molar-refractivity contribution >= 4 is 11.5 Å². The van der Waals surface area contributed by atoms with Gasteiger partial charge in [-0.05, 0) is 24.0 Å². The number of fused-ring (bicyclic) bond motifs is 1. The molecule has 1 aromatic carbocycles. The zero-order valence-electron chi connectivity index (χ0n) is 10.9. The molecule has 0 bridgehead atoms. The molecule has 102 valence electrons. The van der Waals surface area contributed by atoms with Crippen molar-refractivity contribution in [3.8, 4) is 0 Å². The smallest absolute Gasteiger partial charge is 0.329 e. The molecule has 0 saturated heterocycles. The molecule has 0 radical (unpaired) electrons. The standard InChI is InChI=1S/C14H14N4O2/c19-18(20)13-9-15-10-16-14(13)17-7-5-11-3-1-2-4-12(11)6-8-17/h1-4,9-10H,5-8H2. The second-order valence-corrected chi connectivity index (χ2v) is 4.74. The van der Waals surface area contributed by atoms with Crippen LogP contribution in [0.3, 0.4) is 0 Å². The maximum atomic E-state index is 11.1. The number of nitro groups is 1. The quantitative estimate of drug-likeness (QED) is 0.616. The van der Waals surface area contributed by atoms with Gasteiger partial charge < -0.3 is 4.90 Å². The van der Waals surface area contributed by atoms with E-state index in [-0.39, 0.29) is 5.69 Å². The number of hydrogen-bond donors (Lipinski definition) is 0. The van der Waals surface area contributed by atoms with Gasteiger partial charge in [0.25, 0.3) is 0 Å². The van der Waals surface area contributed by atoms with E-state index < -0.39 is 4.92 Å². The number of nitrogens with zero attached hydrogens (tertiary/aromatic N) is 4. The van der Waals surface area contributed by atoms with Crippen LogP contribution in [-0.2, 0) is 12.8 Å². The summed E-state index contributed by atoms with van der Waals surface area (Å²) in [4.78, 5) is 20.5. The monoisotopic (exact) mass is 270 g/mol. The van der Waals surface area contributed by atoms with E-state index >= 15 is 0 Å². The number of aromatic nitrogens is 2. The van der Waals surface area contributed by atoms with E-state index in [1.807, 2.05) is 17.0 Å². The summed E-state index contributed by atoms with van der Waals surface area (Å²) in [6, 6.07) is 8.30. The number of anilines is 1. The molecule has 1 aliphatic rings. The van der Waals surface area contributed by atoms with Gasteiger partial charge in [-0.2, -0.15) is 0 Å². The lowest BCUT2D eigenvalue weighted by molar-refractivity contribution is -0.384. The zero-order chi connectivity index (χ0) is 13.9. The van der Waals surface area contributed by atoms with Crippen molar-refractivity contribution < 1.29 is 4.92 Å². The number of hydrogen-bond acceptors (Lipinski definition) is 5. The Kier molecular flexibility index (Phi) is 3.28. The fourth-order valence-corrected chi connectivity index (χ4v) is 2.57. The molecule has 0 unspecified atom stereocenters. The van der Waals surface area contributed by atoms with Crippen LogP contribution in [0.4, 0.5) is 11.5 Å². The topological polar surface area (TPSA) is 72.2 Å². The highest BCUT2D eigenvalue weighted by Gasteiger charge is 2.23. The molecular weight excluding hydrogens is 256 g/mol. The lowest BCUT2D eigenvalue weighted by atomic mass is 10.0. The predicted octanol–water partition coefficient (Wildman–Crippen LogP) is 1.99. The van der Waals surface area contributed by atoms with Gasteiger partial charge in [0.1, 0.15) is 12.5 Å². The molecule has 0 saturated carbocycles. The minimum absolute atomic E-state index is 0.0292. The summed E-state index contributed by atoms with van der Waals surface area (Å²) in [5.74, 6) is 0.415. The Morgan fingerprint density at radius 3 is 2.40 bits per heavy atom. The summed E-state index contributed by atoms with van der Waals surface area (Å²) in [6.07, 6.45) is 4.37. The first-order valence-electron chi connectivity index (χ1n) is 6.52. The Morgan fingerprint density at radius 1 is 1.15 bits per heavy atom. The van der Waals surface area contributed by atoms with Gasteiger partial charge in [0.15, 0.2) is 0 Å². The Balaban J connectivity index is 1.89. The van der Waals surface area contributed by atoms with Crippen LogP contribution in [0.5, 0.6) is 0 Å². The van der Waals surface area contributed by atoms with Gasteiger partial charge in [0.05, 0.1) is 4.92 Å². The highest BCUT2D eigenvalue weighted by Crippen LogP contribution is 2.26. The van der Waals surface area contributed by atoms with Crippen molar-refractivity contribution in [3.05, 3.63) is 58.0 Å². The van der Waals surface area contributed by atoms with Crippen molar-refractivity contribution in [2.24, 2.45) is 0 Å². The highest BCUT2D eigenvalue weighted by molar-refractivity contribution is 5.56. The van der Waals surface area contributed by atoms with Crippen molar-refractivity contribution in [2.45, 2.75) is 12.8 Å². The summed E-state index contributed by atoms with van der Waals surface area (Å²) in [5, 5.41) is 11.1. The van der Waals surface area contributed by atoms with Crippen LogP contribution in [0.25, 0.3) is 0 Å². The third-order valence-corrected chi connectivity index (χ3v) is 3.59. The third kappa shape index (κ3) is 2.32. The van der Waals surface area contributed by atoms with Crippen LogP contribution in [-0.4, -0.2) is 28.0 Å². The average Bonchev–Trinajstić information content (AvgIpc) is 2.70.